The molecule has 2 rings (SSSR count). The molecule has 1 fully saturated rings. The highest BCUT2D eigenvalue weighted by molar-refractivity contribution is 5.34. The second kappa shape index (κ2) is 5.31. The Morgan fingerprint density at radius 3 is 2.67 bits per heavy atom. The Morgan fingerprint density at radius 2 is 2.11 bits per heavy atom. The van der Waals surface area contributed by atoms with E-state index in [-0.39, 0.29) is 6.04 Å². The molecule has 100 valence electrons. The van der Waals surface area contributed by atoms with Crippen LogP contribution >= 0.6 is 0 Å². The molecule has 0 amide bonds. The van der Waals surface area contributed by atoms with Crippen LogP contribution in [0.3, 0.4) is 0 Å². The predicted octanol–water partition coefficient (Wildman–Crippen LogP) is 4.01. The van der Waals surface area contributed by atoms with Crippen LogP contribution < -0.4 is 5.32 Å². The molecule has 1 aromatic rings. The Labute approximate surface area is 110 Å². The van der Waals surface area contributed by atoms with Crippen molar-refractivity contribution >= 4 is 0 Å². The molecule has 2 atom stereocenters. The standard InChI is InChI=1S/C16H25NO/c1-4-14(13-7-5-6-8-15(13)18)17-12-9-10-16(2,3)11-12/h5-8,12,14,17-18H,4,9-11H2,1-3H3. The highest BCUT2D eigenvalue weighted by atomic mass is 16.3. The van der Waals surface area contributed by atoms with Gasteiger partial charge >= 0.3 is 0 Å². The molecule has 1 aromatic carbocycles. The van der Waals surface area contributed by atoms with Gasteiger partial charge in [0, 0.05) is 17.6 Å². The van der Waals surface area contributed by atoms with E-state index in [0.29, 0.717) is 17.2 Å². The van der Waals surface area contributed by atoms with Gasteiger partial charge < -0.3 is 10.4 Å². The largest absolute Gasteiger partial charge is 0.508 e. The van der Waals surface area contributed by atoms with Crippen molar-refractivity contribution in [2.45, 2.75) is 58.5 Å². The molecule has 2 nitrogen and oxygen atoms in total. The van der Waals surface area contributed by atoms with Crippen LogP contribution in [0, 0.1) is 5.41 Å². The van der Waals surface area contributed by atoms with Crippen molar-refractivity contribution < 1.29 is 5.11 Å². The molecule has 1 aliphatic rings. The average molecular weight is 247 g/mol. The lowest BCUT2D eigenvalue weighted by atomic mass is 9.91. The minimum atomic E-state index is 0.269. The summed E-state index contributed by atoms with van der Waals surface area (Å²) in [5.41, 5.74) is 1.50. The summed E-state index contributed by atoms with van der Waals surface area (Å²) in [6.45, 7) is 6.86. The second-order valence-corrected chi connectivity index (χ2v) is 6.29. The number of aromatic hydroxyl groups is 1. The molecule has 0 heterocycles. The summed E-state index contributed by atoms with van der Waals surface area (Å²) >= 11 is 0. The Balaban J connectivity index is 2.05. The van der Waals surface area contributed by atoms with E-state index in [1.54, 1.807) is 6.07 Å². The zero-order chi connectivity index (χ0) is 13.2. The van der Waals surface area contributed by atoms with Crippen LogP contribution in [-0.4, -0.2) is 11.1 Å². The minimum absolute atomic E-state index is 0.269. The smallest absolute Gasteiger partial charge is 0.120 e. The number of phenols is 1. The van der Waals surface area contributed by atoms with Crippen molar-refractivity contribution in [3.05, 3.63) is 29.8 Å². The SMILES string of the molecule is CCC(NC1CCC(C)(C)C1)c1ccccc1O. The lowest BCUT2D eigenvalue weighted by molar-refractivity contribution is 0.347. The molecule has 0 aromatic heterocycles. The first-order valence-electron chi connectivity index (χ1n) is 7.06. The van der Waals surface area contributed by atoms with Gasteiger partial charge in [-0.1, -0.05) is 39.0 Å². The van der Waals surface area contributed by atoms with Crippen molar-refractivity contribution in [3.8, 4) is 5.75 Å². The Kier molecular flexibility index (Phi) is 3.96. The summed E-state index contributed by atoms with van der Waals surface area (Å²) < 4.78 is 0. The van der Waals surface area contributed by atoms with E-state index in [2.05, 4.69) is 26.1 Å². The molecule has 0 radical (unpaired) electrons. The number of phenolic OH excluding ortho intramolecular Hbond substituents is 1. The summed E-state index contributed by atoms with van der Waals surface area (Å²) in [4.78, 5) is 0. The van der Waals surface area contributed by atoms with Gasteiger partial charge in [0.15, 0.2) is 0 Å². The van der Waals surface area contributed by atoms with Crippen molar-refractivity contribution in [1.29, 1.82) is 0 Å². The van der Waals surface area contributed by atoms with Gasteiger partial charge in [0.05, 0.1) is 0 Å². The molecule has 18 heavy (non-hydrogen) atoms. The maximum Gasteiger partial charge on any atom is 0.120 e. The van der Waals surface area contributed by atoms with Gasteiger partial charge in [0.25, 0.3) is 0 Å². The first-order valence-corrected chi connectivity index (χ1v) is 7.06. The van der Waals surface area contributed by atoms with Gasteiger partial charge in [-0.15, -0.1) is 0 Å². The van der Waals surface area contributed by atoms with E-state index in [4.69, 9.17) is 0 Å². The van der Waals surface area contributed by atoms with Crippen LogP contribution in [-0.2, 0) is 0 Å². The molecule has 2 heteroatoms. The van der Waals surface area contributed by atoms with E-state index >= 15 is 0 Å². The summed E-state index contributed by atoms with van der Waals surface area (Å²) in [6.07, 6.45) is 4.78. The maximum absolute atomic E-state index is 9.95. The van der Waals surface area contributed by atoms with Gasteiger partial charge in [-0.3, -0.25) is 0 Å². The van der Waals surface area contributed by atoms with Crippen molar-refractivity contribution in [2.24, 2.45) is 5.41 Å². The van der Waals surface area contributed by atoms with Gasteiger partial charge in [-0.2, -0.15) is 0 Å². The monoisotopic (exact) mass is 247 g/mol. The number of hydrogen-bond donors (Lipinski definition) is 2. The Morgan fingerprint density at radius 1 is 1.39 bits per heavy atom. The lowest BCUT2D eigenvalue weighted by Gasteiger charge is -2.24. The maximum atomic E-state index is 9.95. The molecular formula is C16H25NO. The quantitative estimate of drug-likeness (QED) is 0.842. The molecule has 0 spiro atoms. The van der Waals surface area contributed by atoms with E-state index in [9.17, 15) is 5.11 Å². The van der Waals surface area contributed by atoms with Crippen molar-refractivity contribution in [3.63, 3.8) is 0 Å². The minimum Gasteiger partial charge on any atom is -0.508 e. The van der Waals surface area contributed by atoms with Gasteiger partial charge in [0.2, 0.25) is 0 Å². The van der Waals surface area contributed by atoms with Crippen LogP contribution in [0.5, 0.6) is 5.75 Å². The van der Waals surface area contributed by atoms with E-state index in [1.165, 1.54) is 19.3 Å². The van der Waals surface area contributed by atoms with Crippen LogP contribution in [0.2, 0.25) is 0 Å². The number of nitrogens with one attached hydrogen (secondary N) is 1. The predicted molar refractivity (Wildman–Crippen MR) is 75.7 cm³/mol. The fourth-order valence-electron chi connectivity index (χ4n) is 3.07. The van der Waals surface area contributed by atoms with Crippen LogP contribution in [0.4, 0.5) is 0 Å². The fraction of sp³-hybridized carbons (Fsp3) is 0.625. The zero-order valence-electron chi connectivity index (χ0n) is 11.7. The number of benzene rings is 1. The molecule has 0 saturated heterocycles. The third kappa shape index (κ3) is 3.05. The van der Waals surface area contributed by atoms with Gasteiger partial charge in [-0.05, 0) is 37.2 Å². The zero-order valence-corrected chi connectivity index (χ0v) is 11.7. The number of hydrogen-bond acceptors (Lipinski definition) is 2. The molecular weight excluding hydrogens is 222 g/mol. The van der Waals surface area contributed by atoms with Crippen LogP contribution in [0.25, 0.3) is 0 Å². The third-order valence-electron chi connectivity index (χ3n) is 4.13. The van der Waals surface area contributed by atoms with Crippen LogP contribution in [0.1, 0.15) is 58.1 Å². The van der Waals surface area contributed by atoms with Gasteiger partial charge in [-0.25, -0.2) is 0 Å². The van der Waals surface area contributed by atoms with E-state index in [1.807, 2.05) is 18.2 Å². The highest BCUT2D eigenvalue weighted by Crippen LogP contribution is 2.38. The Hall–Kier alpha value is -1.02. The first kappa shape index (κ1) is 13.4. The van der Waals surface area contributed by atoms with Crippen molar-refractivity contribution in [2.75, 3.05) is 0 Å². The second-order valence-electron chi connectivity index (χ2n) is 6.29. The molecule has 1 saturated carbocycles. The van der Waals surface area contributed by atoms with Gasteiger partial charge in [0.1, 0.15) is 5.75 Å². The Bertz CT molecular complexity index is 400. The van der Waals surface area contributed by atoms with E-state index in [0.717, 1.165) is 12.0 Å². The van der Waals surface area contributed by atoms with E-state index < -0.39 is 0 Å². The summed E-state index contributed by atoms with van der Waals surface area (Å²) in [5, 5.41) is 13.7. The summed E-state index contributed by atoms with van der Waals surface area (Å²) in [7, 11) is 0. The molecule has 0 aliphatic heterocycles. The molecule has 0 bridgehead atoms. The number of rotatable bonds is 4. The summed E-state index contributed by atoms with van der Waals surface area (Å²) in [6, 6.07) is 8.53. The molecule has 2 N–H and O–H groups in total. The van der Waals surface area contributed by atoms with Crippen molar-refractivity contribution in [1.82, 2.24) is 5.32 Å². The highest BCUT2D eigenvalue weighted by Gasteiger charge is 2.32. The molecule has 2 unspecified atom stereocenters. The summed E-state index contributed by atoms with van der Waals surface area (Å²) in [5.74, 6) is 0.411. The normalized spacial score (nSPS) is 24.1. The average Bonchev–Trinajstić information content (AvgIpc) is 2.67. The fourth-order valence-corrected chi connectivity index (χ4v) is 3.07. The first-order chi connectivity index (χ1) is 8.52. The lowest BCUT2D eigenvalue weighted by Crippen LogP contribution is -2.31. The topological polar surface area (TPSA) is 32.3 Å². The third-order valence-corrected chi connectivity index (χ3v) is 4.13. The molecule has 1 aliphatic carbocycles. The van der Waals surface area contributed by atoms with Crippen LogP contribution in [0.15, 0.2) is 24.3 Å². The number of para-hydroxylation sites is 1.